The van der Waals surface area contributed by atoms with Gasteiger partial charge in [-0.3, -0.25) is 4.79 Å². The summed E-state index contributed by atoms with van der Waals surface area (Å²) in [5, 5.41) is 7.39. The van der Waals surface area contributed by atoms with Crippen LogP contribution in [-0.2, 0) is 21.4 Å². The quantitative estimate of drug-likeness (QED) is 0.559. The summed E-state index contributed by atoms with van der Waals surface area (Å²) in [6, 6.07) is 8.96. The van der Waals surface area contributed by atoms with Gasteiger partial charge >= 0.3 is 0 Å². The molecule has 8 nitrogen and oxygen atoms in total. The highest BCUT2D eigenvalue weighted by Crippen LogP contribution is 2.34. The predicted octanol–water partition coefficient (Wildman–Crippen LogP) is 3.79. The summed E-state index contributed by atoms with van der Waals surface area (Å²) in [5.74, 6) is 0.491. The Morgan fingerprint density at radius 3 is 2.66 bits per heavy atom. The maximum absolute atomic E-state index is 13.2. The smallest absolute Gasteiger partial charge is 0.244 e. The van der Waals surface area contributed by atoms with Crippen LogP contribution < -0.4 is 5.32 Å². The van der Waals surface area contributed by atoms with Crippen LogP contribution in [0.15, 0.2) is 39.8 Å². The van der Waals surface area contributed by atoms with Crippen molar-refractivity contribution in [3.63, 3.8) is 0 Å². The first-order chi connectivity index (χ1) is 15.3. The lowest BCUT2D eigenvalue weighted by Crippen LogP contribution is -2.42. The van der Waals surface area contributed by atoms with Gasteiger partial charge in [-0.15, -0.1) is 11.3 Å². The van der Waals surface area contributed by atoms with Crippen LogP contribution in [0.25, 0.3) is 10.7 Å². The molecule has 0 aliphatic carbocycles. The molecule has 1 N–H and O–H groups in total. The third-order valence-electron chi connectivity index (χ3n) is 5.47. The number of sulfonamides is 1. The molecule has 0 unspecified atom stereocenters. The molecular formula is C21H23ClN4O4S2. The van der Waals surface area contributed by atoms with Gasteiger partial charge < -0.3 is 9.84 Å². The van der Waals surface area contributed by atoms with Gasteiger partial charge in [0.05, 0.1) is 9.77 Å². The zero-order valence-corrected chi connectivity index (χ0v) is 20.1. The molecule has 1 amide bonds. The molecule has 170 valence electrons. The van der Waals surface area contributed by atoms with Gasteiger partial charge in [-0.2, -0.15) is 9.29 Å². The van der Waals surface area contributed by atoms with Gasteiger partial charge in [-0.25, -0.2) is 8.42 Å². The van der Waals surface area contributed by atoms with Crippen molar-refractivity contribution in [2.45, 2.75) is 38.1 Å². The molecule has 0 saturated carbocycles. The number of rotatable bonds is 6. The number of carbonyl (C=O) groups excluding carboxylic acids is 1. The minimum absolute atomic E-state index is 0.0801. The van der Waals surface area contributed by atoms with E-state index in [0.29, 0.717) is 59.0 Å². The van der Waals surface area contributed by atoms with Crippen molar-refractivity contribution in [2.75, 3.05) is 13.1 Å². The minimum Gasteiger partial charge on any atom is -0.352 e. The van der Waals surface area contributed by atoms with Gasteiger partial charge in [0.2, 0.25) is 27.6 Å². The number of nitrogens with one attached hydrogen (secondary N) is 1. The molecule has 1 saturated heterocycles. The average Bonchev–Trinajstić information content (AvgIpc) is 3.39. The minimum atomic E-state index is -3.67. The first-order valence-corrected chi connectivity index (χ1v) is 12.8. The molecule has 3 aromatic rings. The van der Waals surface area contributed by atoms with Crippen LogP contribution in [0.3, 0.4) is 0 Å². The van der Waals surface area contributed by atoms with Crippen molar-refractivity contribution in [3.8, 4) is 10.7 Å². The van der Waals surface area contributed by atoms with E-state index in [4.69, 9.17) is 16.1 Å². The lowest BCUT2D eigenvalue weighted by Gasteiger charge is -2.30. The van der Waals surface area contributed by atoms with E-state index in [2.05, 4.69) is 15.5 Å². The molecule has 0 bridgehead atoms. The summed E-state index contributed by atoms with van der Waals surface area (Å²) >= 11 is 7.46. The number of hydrogen-bond donors (Lipinski definition) is 1. The number of aryl methyl sites for hydroxylation is 2. The van der Waals surface area contributed by atoms with Crippen LogP contribution in [0.2, 0.25) is 5.02 Å². The molecule has 0 atom stereocenters. The summed E-state index contributed by atoms with van der Waals surface area (Å²) in [5.41, 5.74) is 0.850. The second-order valence-corrected chi connectivity index (χ2v) is 11.2. The molecule has 32 heavy (non-hydrogen) atoms. The van der Waals surface area contributed by atoms with Gasteiger partial charge in [0.25, 0.3) is 0 Å². The van der Waals surface area contributed by atoms with Crippen LogP contribution in [0.5, 0.6) is 0 Å². The number of nitrogens with zero attached hydrogens (tertiary/aromatic N) is 3. The topological polar surface area (TPSA) is 105 Å². The largest absolute Gasteiger partial charge is 0.352 e. The maximum Gasteiger partial charge on any atom is 0.244 e. The Bertz CT molecular complexity index is 1230. The summed E-state index contributed by atoms with van der Waals surface area (Å²) in [6.45, 7) is 4.38. The Kier molecular flexibility index (Phi) is 6.66. The summed E-state index contributed by atoms with van der Waals surface area (Å²) in [7, 11) is -3.67. The molecule has 4 rings (SSSR count). The van der Waals surface area contributed by atoms with Gasteiger partial charge in [-0.05, 0) is 37.5 Å². The number of benzene rings is 1. The van der Waals surface area contributed by atoms with E-state index in [0.717, 1.165) is 5.56 Å². The van der Waals surface area contributed by atoms with Crippen LogP contribution in [-0.4, -0.2) is 41.9 Å². The predicted molar refractivity (Wildman–Crippen MR) is 122 cm³/mol. The van der Waals surface area contributed by atoms with Gasteiger partial charge in [0.15, 0.2) is 0 Å². The van der Waals surface area contributed by atoms with E-state index in [1.165, 1.54) is 15.6 Å². The van der Waals surface area contributed by atoms with Crippen LogP contribution in [0.1, 0.15) is 29.2 Å². The first kappa shape index (κ1) is 22.9. The highest BCUT2D eigenvalue weighted by Gasteiger charge is 2.34. The molecule has 2 aromatic heterocycles. The first-order valence-electron chi connectivity index (χ1n) is 10.2. The molecular weight excluding hydrogens is 472 g/mol. The Labute approximate surface area is 195 Å². The number of halogens is 1. The van der Waals surface area contributed by atoms with Crippen molar-refractivity contribution in [2.24, 2.45) is 5.92 Å². The normalized spacial score (nSPS) is 15.7. The SMILES string of the molecule is Cc1nc(-c2cc(S(=O)(=O)N3CCC(C(=O)NCc4ccccc4Cl)CC3)c(C)s2)no1. The van der Waals surface area contributed by atoms with Crippen molar-refractivity contribution in [1.82, 2.24) is 19.8 Å². The molecule has 1 fully saturated rings. The average molecular weight is 495 g/mol. The van der Waals surface area contributed by atoms with E-state index >= 15 is 0 Å². The molecule has 3 heterocycles. The molecule has 1 aliphatic heterocycles. The number of carbonyl (C=O) groups is 1. The molecule has 0 radical (unpaired) electrons. The fourth-order valence-electron chi connectivity index (χ4n) is 3.70. The lowest BCUT2D eigenvalue weighted by atomic mass is 9.97. The fourth-order valence-corrected chi connectivity index (χ4v) is 6.86. The van der Waals surface area contributed by atoms with E-state index < -0.39 is 10.0 Å². The summed E-state index contributed by atoms with van der Waals surface area (Å²) in [6.07, 6.45) is 0.932. The van der Waals surface area contributed by atoms with Crippen molar-refractivity contribution in [1.29, 1.82) is 0 Å². The lowest BCUT2D eigenvalue weighted by molar-refractivity contribution is -0.126. The zero-order chi connectivity index (χ0) is 22.9. The zero-order valence-electron chi connectivity index (χ0n) is 17.7. The number of hydrogen-bond acceptors (Lipinski definition) is 7. The van der Waals surface area contributed by atoms with Crippen molar-refractivity contribution >= 4 is 38.9 Å². The fraction of sp³-hybridized carbons (Fsp3) is 0.381. The monoisotopic (exact) mass is 494 g/mol. The standard InChI is InChI=1S/C21H23ClN4O4S2/c1-13-19(11-18(31-13)20-24-14(2)30-25-20)32(28,29)26-9-7-15(8-10-26)21(27)23-12-16-5-3-4-6-17(16)22/h3-6,11,15H,7-10,12H2,1-2H3,(H,23,27). The summed E-state index contributed by atoms with van der Waals surface area (Å²) in [4.78, 5) is 18.3. The second-order valence-electron chi connectivity index (χ2n) is 7.66. The highest BCUT2D eigenvalue weighted by atomic mass is 35.5. The van der Waals surface area contributed by atoms with Crippen LogP contribution >= 0.6 is 22.9 Å². The Morgan fingerprint density at radius 2 is 2.00 bits per heavy atom. The van der Waals surface area contributed by atoms with E-state index in [1.807, 2.05) is 18.2 Å². The number of piperidine rings is 1. The molecule has 1 aromatic carbocycles. The van der Waals surface area contributed by atoms with Crippen molar-refractivity contribution in [3.05, 3.63) is 51.7 Å². The van der Waals surface area contributed by atoms with E-state index in [1.54, 1.807) is 26.0 Å². The highest BCUT2D eigenvalue weighted by molar-refractivity contribution is 7.89. The Hall–Kier alpha value is -2.27. The Balaban J connectivity index is 1.39. The number of aromatic nitrogens is 2. The second kappa shape index (κ2) is 9.30. The van der Waals surface area contributed by atoms with Gasteiger partial charge in [0.1, 0.15) is 0 Å². The third kappa shape index (κ3) is 4.73. The van der Waals surface area contributed by atoms with Gasteiger partial charge in [-0.1, -0.05) is 35.0 Å². The molecule has 1 aliphatic rings. The summed E-state index contributed by atoms with van der Waals surface area (Å²) < 4.78 is 32.9. The molecule has 11 heteroatoms. The maximum atomic E-state index is 13.2. The number of amides is 1. The van der Waals surface area contributed by atoms with Crippen molar-refractivity contribution < 1.29 is 17.7 Å². The Morgan fingerprint density at radius 1 is 1.28 bits per heavy atom. The van der Waals surface area contributed by atoms with Crippen LogP contribution in [0.4, 0.5) is 0 Å². The third-order valence-corrected chi connectivity index (χ3v) is 9.04. The number of thiophene rings is 1. The van der Waals surface area contributed by atoms with Gasteiger partial charge in [0, 0.05) is 42.4 Å². The van der Waals surface area contributed by atoms with E-state index in [9.17, 15) is 13.2 Å². The van der Waals surface area contributed by atoms with Crippen LogP contribution in [0, 0.1) is 19.8 Å². The van der Waals surface area contributed by atoms with E-state index in [-0.39, 0.29) is 16.7 Å². The molecule has 0 spiro atoms.